The van der Waals surface area contributed by atoms with Crippen LogP contribution in [-0.2, 0) is 33.6 Å². The lowest BCUT2D eigenvalue weighted by molar-refractivity contribution is -0.143. The number of likely N-dealkylation sites (tertiary alicyclic amines) is 1. The van der Waals surface area contributed by atoms with Gasteiger partial charge < -0.3 is 34.6 Å². The molecular weight excluding hydrogens is 956 g/mol. The van der Waals surface area contributed by atoms with E-state index in [2.05, 4.69) is 10.3 Å². The summed E-state index contributed by atoms with van der Waals surface area (Å²) in [7, 11) is 0. The van der Waals surface area contributed by atoms with E-state index in [1.165, 1.54) is 22.3 Å². The first kappa shape index (κ1) is 50.5. The lowest BCUT2D eigenvalue weighted by atomic mass is 10.0. The molecule has 3 aliphatic rings. The van der Waals surface area contributed by atoms with Crippen LogP contribution in [0.1, 0.15) is 85.3 Å². The second-order valence-corrected chi connectivity index (χ2v) is 19.8. The molecule has 0 saturated carbocycles. The zero-order valence-electron chi connectivity index (χ0n) is 39.7. The fourth-order valence-electron chi connectivity index (χ4n) is 9.34. The number of amides is 4. The highest BCUT2D eigenvalue weighted by Gasteiger charge is 2.51. The molecule has 0 spiro atoms. The number of hydrogen-bond donors (Lipinski definition) is 2. The van der Waals surface area contributed by atoms with Gasteiger partial charge in [-0.2, -0.15) is 18.4 Å². The van der Waals surface area contributed by atoms with Gasteiger partial charge in [0, 0.05) is 42.9 Å². The molecule has 2 fully saturated rings. The first-order valence-electron chi connectivity index (χ1n) is 23.1. The molecule has 5 aromatic rings. The van der Waals surface area contributed by atoms with Crippen molar-refractivity contribution in [3.63, 3.8) is 0 Å². The number of β-amino-alcohol motifs (C(OH)–C–C–N with tert-alkyl or cyclic N) is 1. The van der Waals surface area contributed by atoms with Gasteiger partial charge in [0.2, 0.25) is 11.8 Å². The molecule has 8 rings (SSSR count). The summed E-state index contributed by atoms with van der Waals surface area (Å²) < 4.78 is 53.8. The molecule has 3 aliphatic heterocycles. The van der Waals surface area contributed by atoms with Crippen molar-refractivity contribution in [3.05, 3.63) is 124 Å². The number of fused-ring (bicyclic) bond motifs is 1. The van der Waals surface area contributed by atoms with Crippen LogP contribution in [0.15, 0.2) is 90.4 Å². The number of aryl methyl sites for hydroxylation is 1. The maximum atomic E-state index is 14.3. The van der Waals surface area contributed by atoms with E-state index in [0.717, 1.165) is 38.7 Å². The van der Waals surface area contributed by atoms with Gasteiger partial charge in [0.15, 0.2) is 5.11 Å². The van der Waals surface area contributed by atoms with Gasteiger partial charge in [0.05, 0.1) is 58.3 Å². The van der Waals surface area contributed by atoms with Gasteiger partial charge in [0.25, 0.3) is 11.8 Å². The Labute approximate surface area is 418 Å². The predicted molar refractivity (Wildman–Crippen MR) is 265 cm³/mol. The number of anilines is 2. The number of carbonyl (C=O) groups is 4. The number of thiocarbonyl (C=S) groups is 1. The third-order valence-electron chi connectivity index (χ3n) is 13.0. The zero-order chi connectivity index (χ0) is 50.9. The Bertz CT molecular complexity index is 2920. The van der Waals surface area contributed by atoms with Crippen molar-refractivity contribution >= 4 is 63.7 Å². The molecule has 71 heavy (non-hydrogen) atoms. The molecule has 370 valence electrons. The minimum atomic E-state index is -4.81. The van der Waals surface area contributed by atoms with Gasteiger partial charge in [-0.1, -0.05) is 44.2 Å². The normalized spacial score (nSPS) is 18.0. The van der Waals surface area contributed by atoms with Crippen molar-refractivity contribution in [2.75, 3.05) is 29.6 Å². The van der Waals surface area contributed by atoms with Crippen molar-refractivity contribution < 1.29 is 46.9 Å². The maximum Gasteiger partial charge on any atom is 0.417 e. The molecule has 4 aromatic carbocycles. The maximum absolute atomic E-state index is 14.3. The standard InChI is InChI=1S/C52H52F3N7O7S2/c1-30(2)44(60-27-35-10-6-7-11-40(35)47(60)65)48(66)59-28-38(63)24-42(59)46(64)57-26-34-13-12-32(45-31(3)58-29-71-45)22-43(34)69-21-9-8-20-68-39-18-16-36(17-19-39)62-50(70)61(49(67)51(62,4)5)37-15-14-33(25-56)41(23-37)52(53,54)55/h6-7,10-19,22-23,29-30,38,42,44,63H,8-9,20-21,24,26-28H2,1-5H3,(H,57,64)/t38-,42+,44+/m1/s1. The summed E-state index contributed by atoms with van der Waals surface area (Å²) in [6.45, 7) is 9.90. The molecule has 1 aromatic heterocycles. The second kappa shape index (κ2) is 20.5. The average molecular weight is 1010 g/mol. The van der Waals surface area contributed by atoms with E-state index in [0.29, 0.717) is 54.4 Å². The van der Waals surface area contributed by atoms with E-state index in [-0.39, 0.29) is 54.6 Å². The number of halogens is 3. The van der Waals surface area contributed by atoms with E-state index < -0.39 is 52.8 Å². The smallest absolute Gasteiger partial charge is 0.417 e. The van der Waals surface area contributed by atoms with Crippen LogP contribution in [0, 0.1) is 24.2 Å². The topological polar surface area (TPSA) is 169 Å². The summed E-state index contributed by atoms with van der Waals surface area (Å²) in [4.78, 5) is 66.3. The molecule has 0 bridgehead atoms. The molecular formula is C52H52F3N7O7S2. The van der Waals surface area contributed by atoms with E-state index in [1.807, 2.05) is 51.1 Å². The van der Waals surface area contributed by atoms with Crippen molar-refractivity contribution in [2.45, 2.75) is 96.9 Å². The fourth-order valence-corrected chi connectivity index (χ4v) is 10.7. The number of alkyl halides is 3. The average Bonchev–Trinajstić information content (AvgIpc) is 4.08. The number of benzene rings is 4. The number of aromatic nitrogens is 1. The summed E-state index contributed by atoms with van der Waals surface area (Å²) in [5.74, 6) is -0.746. The van der Waals surface area contributed by atoms with Crippen LogP contribution >= 0.6 is 23.6 Å². The van der Waals surface area contributed by atoms with Gasteiger partial charge in [-0.15, -0.1) is 11.3 Å². The first-order valence-corrected chi connectivity index (χ1v) is 24.4. The second-order valence-electron chi connectivity index (χ2n) is 18.5. The number of carbonyl (C=O) groups excluding carboxylic acids is 4. The fraction of sp³-hybridized carbons (Fsp3) is 0.365. The van der Waals surface area contributed by atoms with E-state index in [9.17, 15) is 42.7 Å². The van der Waals surface area contributed by atoms with Crippen LogP contribution in [0.2, 0.25) is 0 Å². The summed E-state index contributed by atoms with van der Waals surface area (Å²) in [5, 5.41) is 23.0. The predicted octanol–water partition coefficient (Wildman–Crippen LogP) is 8.42. The molecule has 0 aliphatic carbocycles. The first-order chi connectivity index (χ1) is 33.8. The van der Waals surface area contributed by atoms with Crippen molar-refractivity contribution in [1.82, 2.24) is 20.1 Å². The Morgan fingerprint density at radius 1 is 1.00 bits per heavy atom. The van der Waals surface area contributed by atoms with Crippen LogP contribution in [0.3, 0.4) is 0 Å². The van der Waals surface area contributed by atoms with Gasteiger partial charge >= 0.3 is 6.18 Å². The largest absolute Gasteiger partial charge is 0.494 e. The van der Waals surface area contributed by atoms with Crippen LogP contribution in [0.25, 0.3) is 10.4 Å². The SMILES string of the molecule is Cc1ncsc1-c1ccc(CNC(=O)[C@@H]2C[C@@H](O)CN2C(=O)[C@H](C(C)C)N2Cc3ccccc3C2=O)c(OCCCCOc2ccc(N3C(=S)N(c4ccc(C#N)c(C(F)(F)F)c4)C(=O)C3(C)C)cc2)c1. The third kappa shape index (κ3) is 10.2. The molecule has 4 heterocycles. The van der Waals surface area contributed by atoms with Crippen LogP contribution in [-0.4, -0.2) is 92.1 Å². The number of unbranched alkanes of at least 4 members (excludes halogenated alkanes) is 1. The quantitative estimate of drug-likeness (QED) is 0.0719. The van der Waals surface area contributed by atoms with Crippen LogP contribution in [0.4, 0.5) is 24.5 Å². The van der Waals surface area contributed by atoms with E-state index in [4.69, 9.17) is 21.7 Å². The number of aliphatic hydroxyl groups excluding tert-OH is 1. The number of thiazole rings is 1. The highest BCUT2D eigenvalue weighted by atomic mass is 32.1. The van der Waals surface area contributed by atoms with Crippen molar-refractivity contribution in [3.8, 4) is 28.0 Å². The minimum absolute atomic E-state index is 0.0172. The molecule has 4 amide bonds. The van der Waals surface area contributed by atoms with Gasteiger partial charge in [-0.3, -0.25) is 24.1 Å². The monoisotopic (exact) mass is 1010 g/mol. The summed E-state index contributed by atoms with van der Waals surface area (Å²) in [5.41, 5.74) is 3.08. The molecule has 3 atom stereocenters. The van der Waals surface area contributed by atoms with Gasteiger partial charge in [-0.25, -0.2) is 4.98 Å². The van der Waals surface area contributed by atoms with E-state index >= 15 is 0 Å². The highest BCUT2D eigenvalue weighted by Crippen LogP contribution is 2.40. The molecule has 0 radical (unpaired) electrons. The summed E-state index contributed by atoms with van der Waals surface area (Å²) in [6.07, 6.45) is -4.46. The number of ether oxygens (including phenoxy) is 2. The Balaban J connectivity index is 0.877. The Morgan fingerprint density at radius 2 is 1.70 bits per heavy atom. The molecule has 2 N–H and O–H groups in total. The van der Waals surface area contributed by atoms with Crippen LogP contribution in [0.5, 0.6) is 11.5 Å². The Hall–Kier alpha value is -6.88. The molecule has 0 unspecified atom stereocenters. The number of nitrogens with one attached hydrogen (secondary N) is 1. The van der Waals surface area contributed by atoms with Gasteiger partial charge in [-0.05, 0) is 117 Å². The number of nitriles is 1. The number of rotatable bonds is 16. The zero-order valence-corrected chi connectivity index (χ0v) is 41.3. The number of nitrogens with zero attached hydrogens (tertiary/aromatic N) is 6. The van der Waals surface area contributed by atoms with E-state index in [1.54, 1.807) is 71.6 Å². The lowest BCUT2D eigenvalue weighted by Crippen LogP contribution is -2.55. The van der Waals surface area contributed by atoms with Crippen LogP contribution < -0.4 is 24.6 Å². The summed E-state index contributed by atoms with van der Waals surface area (Å²) in [6, 6.07) is 22.7. The van der Waals surface area contributed by atoms with Crippen molar-refractivity contribution in [2.24, 2.45) is 5.92 Å². The third-order valence-corrected chi connectivity index (χ3v) is 14.3. The lowest BCUT2D eigenvalue weighted by Gasteiger charge is -2.35. The van der Waals surface area contributed by atoms with Crippen molar-refractivity contribution in [1.29, 1.82) is 5.26 Å². The molecule has 2 saturated heterocycles. The number of aliphatic hydroxyl groups is 1. The Kier molecular flexibility index (Phi) is 14.6. The molecule has 19 heteroatoms. The Morgan fingerprint density at radius 3 is 2.37 bits per heavy atom. The molecule has 14 nitrogen and oxygen atoms in total. The van der Waals surface area contributed by atoms with Gasteiger partial charge in [0.1, 0.15) is 29.1 Å². The number of hydrogen-bond acceptors (Lipinski definition) is 11. The highest BCUT2D eigenvalue weighted by molar-refractivity contribution is 7.81. The minimum Gasteiger partial charge on any atom is -0.494 e. The summed E-state index contributed by atoms with van der Waals surface area (Å²) >= 11 is 7.17.